The molecule has 0 aliphatic carbocycles. The summed E-state index contributed by atoms with van der Waals surface area (Å²) in [5, 5.41) is 9.46. The molecule has 0 aliphatic heterocycles. The number of benzene rings is 1. The first kappa shape index (κ1) is 11.3. The molecule has 1 heterocycles. The molecule has 0 bridgehead atoms. The van der Waals surface area contributed by atoms with Crippen molar-refractivity contribution >= 4 is 22.9 Å². The first-order chi connectivity index (χ1) is 7.69. The van der Waals surface area contributed by atoms with Crippen molar-refractivity contribution in [1.29, 1.82) is 0 Å². The van der Waals surface area contributed by atoms with Gasteiger partial charge in [-0.3, -0.25) is 0 Å². The van der Waals surface area contributed by atoms with E-state index >= 15 is 0 Å². The second kappa shape index (κ2) is 4.78. The average molecular weight is 260 g/mol. The third kappa shape index (κ3) is 2.49. The van der Waals surface area contributed by atoms with Gasteiger partial charge in [0, 0.05) is 0 Å². The van der Waals surface area contributed by atoms with Crippen LogP contribution in [0.25, 0.3) is 0 Å². The number of hydrogen-bond donors (Lipinski definition) is 1. The van der Waals surface area contributed by atoms with Crippen LogP contribution < -0.4 is 4.74 Å². The molecule has 0 aliphatic rings. The van der Waals surface area contributed by atoms with Gasteiger partial charge < -0.3 is 9.84 Å². The Morgan fingerprint density at radius 3 is 2.62 bits per heavy atom. The second-order valence-corrected chi connectivity index (χ2v) is 4.31. The van der Waals surface area contributed by atoms with Crippen molar-refractivity contribution in [2.45, 2.75) is 6.61 Å². The molecule has 1 aromatic carbocycles. The lowest BCUT2D eigenvalue weighted by atomic mass is 10.3. The minimum Gasteiger partial charge on any atom is -0.431 e. The number of hydrogen-bond acceptors (Lipinski definition) is 4. The fraction of sp³-hybridized carbons (Fsp3) is 0.100. The number of nitrogens with zero attached hydrogens (tertiary/aromatic N) is 1. The Balaban J connectivity index is 2.17. The molecule has 84 valence electrons. The minimum absolute atomic E-state index is 0.177. The second-order valence-electron chi connectivity index (χ2n) is 2.91. The van der Waals surface area contributed by atoms with E-state index in [9.17, 15) is 4.39 Å². The van der Waals surface area contributed by atoms with Crippen molar-refractivity contribution in [2.24, 2.45) is 0 Å². The van der Waals surface area contributed by atoms with Crippen LogP contribution in [-0.4, -0.2) is 10.1 Å². The van der Waals surface area contributed by atoms with E-state index in [2.05, 4.69) is 4.98 Å². The number of aromatic nitrogens is 1. The van der Waals surface area contributed by atoms with E-state index in [1.54, 1.807) is 0 Å². The highest BCUT2D eigenvalue weighted by atomic mass is 35.5. The summed E-state index contributed by atoms with van der Waals surface area (Å²) in [4.78, 5) is 4.45. The van der Waals surface area contributed by atoms with Gasteiger partial charge in [-0.25, -0.2) is 4.39 Å². The fourth-order valence-corrected chi connectivity index (χ4v) is 2.04. The lowest BCUT2D eigenvalue weighted by Gasteiger charge is -1.99. The minimum atomic E-state index is -0.333. The standard InChI is InChI=1S/C10H7ClFNO2S/c11-9-8(5-14)16-10(13-9)15-7-3-1-6(12)2-4-7/h1-4,14H,5H2. The first-order valence-corrected chi connectivity index (χ1v) is 5.58. The van der Waals surface area contributed by atoms with E-state index in [1.807, 2.05) is 0 Å². The van der Waals surface area contributed by atoms with Gasteiger partial charge in [0.25, 0.3) is 5.19 Å². The van der Waals surface area contributed by atoms with Gasteiger partial charge in [-0.05, 0) is 24.3 Å². The summed E-state index contributed by atoms with van der Waals surface area (Å²) in [6.07, 6.45) is 0. The Morgan fingerprint density at radius 2 is 2.06 bits per heavy atom. The predicted octanol–water partition coefficient (Wildman–Crippen LogP) is 3.22. The van der Waals surface area contributed by atoms with Crippen molar-refractivity contribution < 1.29 is 14.2 Å². The summed E-state index contributed by atoms with van der Waals surface area (Å²) < 4.78 is 18.0. The quantitative estimate of drug-likeness (QED) is 0.920. The smallest absolute Gasteiger partial charge is 0.280 e. The molecule has 0 atom stereocenters. The van der Waals surface area contributed by atoms with Gasteiger partial charge in [0.2, 0.25) is 0 Å². The molecule has 3 nitrogen and oxygen atoms in total. The SMILES string of the molecule is OCc1sc(Oc2ccc(F)cc2)nc1Cl. The Labute approximate surface area is 100 Å². The lowest BCUT2D eigenvalue weighted by Crippen LogP contribution is -1.82. The molecule has 0 radical (unpaired) electrons. The van der Waals surface area contributed by atoms with Gasteiger partial charge in [-0.15, -0.1) is 0 Å². The molecule has 0 unspecified atom stereocenters. The molecule has 0 fully saturated rings. The maximum Gasteiger partial charge on any atom is 0.280 e. The predicted molar refractivity (Wildman–Crippen MR) is 59.5 cm³/mol. The van der Waals surface area contributed by atoms with Crippen LogP contribution in [0.4, 0.5) is 4.39 Å². The van der Waals surface area contributed by atoms with Crippen LogP contribution in [0.1, 0.15) is 4.88 Å². The molecule has 1 N–H and O–H groups in total. The van der Waals surface area contributed by atoms with Crippen LogP contribution in [0.3, 0.4) is 0 Å². The summed E-state index contributed by atoms with van der Waals surface area (Å²) >= 11 is 6.89. The highest BCUT2D eigenvalue weighted by molar-refractivity contribution is 7.13. The molecule has 0 amide bonds. The average Bonchev–Trinajstić information content (AvgIpc) is 2.62. The third-order valence-corrected chi connectivity index (χ3v) is 3.14. The summed E-state index contributed by atoms with van der Waals surface area (Å²) in [6, 6.07) is 5.56. The number of thiazole rings is 1. The summed E-state index contributed by atoms with van der Waals surface area (Å²) in [5.41, 5.74) is 0. The zero-order valence-corrected chi connectivity index (χ0v) is 9.56. The molecule has 2 aromatic rings. The largest absolute Gasteiger partial charge is 0.431 e. The van der Waals surface area contributed by atoms with E-state index in [4.69, 9.17) is 21.4 Å². The van der Waals surface area contributed by atoms with Crippen LogP contribution in [0.15, 0.2) is 24.3 Å². The Kier molecular flexibility index (Phi) is 3.38. The number of rotatable bonds is 3. The maximum atomic E-state index is 12.6. The van der Waals surface area contributed by atoms with Crippen LogP contribution in [0.2, 0.25) is 5.15 Å². The number of halogens is 2. The number of aliphatic hydroxyl groups excluding tert-OH is 1. The van der Waals surface area contributed by atoms with Crippen molar-refractivity contribution in [3.8, 4) is 10.9 Å². The van der Waals surface area contributed by atoms with Gasteiger partial charge in [0.15, 0.2) is 0 Å². The zero-order valence-electron chi connectivity index (χ0n) is 7.98. The van der Waals surface area contributed by atoms with E-state index in [0.29, 0.717) is 15.8 Å². The van der Waals surface area contributed by atoms with Gasteiger partial charge in [0.1, 0.15) is 16.7 Å². The highest BCUT2D eigenvalue weighted by Gasteiger charge is 2.09. The van der Waals surface area contributed by atoms with Crippen LogP contribution in [0, 0.1) is 5.82 Å². The molecular weight excluding hydrogens is 253 g/mol. The summed E-state index contributed by atoms with van der Waals surface area (Å²) in [5.74, 6) is 0.136. The molecular formula is C10H7ClFNO2S. The van der Waals surface area contributed by atoms with E-state index < -0.39 is 0 Å². The lowest BCUT2D eigenvalue weighted by molar-refractivity contribution is 0.285. The van der Waals surface area contributed by atoms with Gasteiger partial charge in [-0.1, -0.05) is 22.9 Å². The van der Waals surface area contributed by atoms with Crippen LogP contribution in [-0.2, 0) is 6.61 Å². The van der Waals surface area contributed by atoms with E-state index in [0.717, 1.165) is 11.3 Å². The molecule has 0 spiro atoms. The monoisotopic (exact) mass is 259 g/mol. The van der Waals surface area contributed by atoms with E-state index in [1.165, 1.54) is 24.3 Å². The Bertz CT molecular complexity index is 486. The zero-order chi connectivity index (χ0) is 11.5. The molecule has 2 rings (SSSR count). The summed E-state index contributed by atoms with van der Waals surface area (Å²) in [7, 11) is 0. The van der Waals surface area contributed by atoms with Gasteiger partial charge in [-0.2, -0.15) is 4.98 Å². The van der Waals surface area contributed by atoms with Crippen molar-refractivity contribution in [2.75, 3.05) is 0 Å². The number of aliphatic hydroxyl groups is 1. The first-order valence-electron chi connectivity index (χ1n) is 4.38. The molecule has 0 saturated carbocycles. The Hall–Kier alpha value is -1.17. The van der Waals surface area contributed by atoms with E-state index in [-0.39, 0.29) is 17.6 Å². The third-order valence-electron chi connectivity index (χ3n) is 1.79. The summed E-state index contributed by atoms with van der Waals surface area (Å²) in [6.45, 7) is -0.177. The highest BCUT2D eigenvalue weighted by Crippen LogP contribution is 2.31. The van der Waals surface area contributed by atoms with Gasteiger partial charge in [0.05, 0.1) is 11.5 Å². The fourth-order valence-electron chi connectivity index (χ4n) is 1.06. The normalized spacial score (nSPS) is 10.4. The molecule has 6 heteroatoms. The topological polar surface area (TPSA) is 42.4 Å². The maximum absolute atomic E-state index is 12.6. The molecule has 16 heavy (non-hydrogen) atoms. The van der Waals surface area contributed by atoms with Crippen LogP contribution >= 0.6 is 22.9 Å². The van der Waals surface area contributed by atoms with Crippen LogP contribution in [0.5, 0.6) is 10.9 Å². The number of ether oxygens (including phenoxy) is 1. The molecule has 0 saturated heterocycles. The van der Waals surface area contributed by atoms with Crippen molar-refractivity contribution in [1.82, 2.24) is 4.98 Å². The van der Waals surface area contributed by atoms with Gasteiger partial charge >= 0.3 is 0 Å². The van der Waals surface area contributed by atoms with Crippen molar-refractivity contribution in [3.63, 3.8) is 0 Å². The molecule has 1 aromatic heterocycles. The Morgan fingerprint density at radius 1 is 1.38 bits per heavy atom. The van der Waals surface area contributed by atoms with Crippen molar-refractivity contribution in [3.05, 3.63) is 40.1 Å².